The van der Waals surface area contributed by atoms with E-state index in [1.54, 1.807) is 0 Å². The Kier molecular flexibility index (Phi) is 0.768. The first-order chi connectivity index (χ1) is 3.72. The standard InChI is InChI=1S/C3H6N4O/c4-2-3(5)7(8)1-6-2/h1,8H,4-5H2. The van der Waals surface area contributed by atoms with Crippen LogP contribution in [0.1, 0.15) is 0 Å². The third-order valence-electron chi connectivity index (χ3n) is 0.815. The molecule has 1 aromatic rings. The zero-order valence-corrected chi connectivity index (χ0v) is 4.07. The van der Waals surface area contributed by atoms with E-state index in [4.69, 9.17) is 16.7 Å². The van der Waals surface area contributed by atoms with Gasteiger partial charge in [-0.25, -0.2) is 4.98 Å². The Morgan fingerprint density at radius 1 is 1.62 bits per heavy atom. The molecule has 5 nitrogen and oxygen atoms in total. The maximum absolute atomic E-state index is 8.59. The van der Waals surface area contributed by atoms with Crippen molar-refractivity contribution in [3.63, 3.8) is 0 Å². The Hall–Kier alpha value is -1.39. The van der Waals surface area contributed by atoms with Gasteiger partial charge >= 0.3 is 0 Å². The summed E-state index contributed by atoms with van der Waals surface area (Å²) in [4.78, 5) is 3.48. The SMILES string of the molecule is Nc1ncn(O)c1N. The summed E-state index contributed by atoms with van der Waals surface area (Å²) in [6.07, 6.45) is 1.13. The van der Waals surface area contributed by atoms with Crippen LogP contribution in [0.3, 0.4) is 0 Å². The summed E-state index contributed by atoms with van der Waals surface area (Å²) in [6, 6.07) is 0. The third-order valence-corrected chi connectivity index (χ3v) is 0.815. The number of hydrogen-bond acceptors (Lipinski definition) is 4. The number of imidazole rings is 1. The van der Waals surface area contributed by atoms with Gasteiger partial charge in [-0.05, 0) is 0 Å². The molecule has 0 atom stereocenters. The monoisotopic (exact) mass is 114 g/mol. The lowest BCUT2D eigenvalue weighted by atomic mass is 10.7. The van der Waals surface area contributed by atoms with E-state index in [1.165, 1.54) is 0 Å². The van der Waals surface area contributed by atoms with Crippen molar-refractivity contribution in [2.24, 2.45) is 0 Å². The van der Waals surface area contributed by atoms with Crippen molar-refractivity contribution >= 4 is 11.6 Å². The van der Waals surface area contributed by atoms with E-state index in [9.17, 15) is 0 Å². The molecule has 0 aliphatic carbocycles. The van der Waals surface area contributed by atoms with E-state index in [2.05, 4.69) is 4.98 Å². The van der Waals surface area contributed by atoms with Crippen LogP contribution in [0.15, 0.2) is 6.33 Å². The average Bonchev–Trinajstić information content (AvgIpc) is 1.98. The van der Waals surface area contributed by atoms with E-state index >= 15 is 0 Å². The van der Waals surface area contributed by atoms with Gasteiger partial charge in [-0.3, -0.25) is 0 Å². The summed E-state index contributed by atoms with van der Waals surface area (Å²) >= 11 is 0. The zero-order chi connectivity index (χ0) is 6.15. The van der Waals surface area contributed by atoms with Crippen molar-refractivity contribution in [1.82, 2.24) is 9.71 Å². The molecular weight excluding hydrogens is 108 g/mol. The fraction of sp³-hybridized carbons (Fsp3) is 0. The van der Waals surface area contributed by atoms with Crippen LogP contribution in [0.4, 0.5) is 11.6 Å². The van der Waals surface area contributed by atoms with Gasteiger partial charge in [-0.1, -0.05) is 0 Å². The molecule has 0 saturated carbocycles. The molecule has 0 saturated heterocycles. The van der Waals surface area contributed by atoms with Gasteiger partial charge in [0.15, 0.2) is 11.6 Å². The quantitative estimate of drug-likeness (QED) is 0.388. The smallest absolute Gasteiger partial charge is 0.183 e. The first-order valence-corrected chi connectivity index (χ1v) is 1.99. The molecular formula is C3H6N4O. The first kappa shape index (κ1) is 4.76. The van der Waals surface area contributed by atoms with Crippen LogP contribution < -0.4 is 11.5 Å². The molecule has 0 radical (unpaired) electrons. The molecule has 0 aromatic carbocycles. The maximum Gasteiger partial charge on any atom is 0.183 e. The Bertz CT molecular complexity index is 174. The lowest BCUT2D eigenvalue weighted by Gasteiger charge is -1.89. The van der Waals surface area contributed by atoms with Gasteiger partial charge < -0.3 is 16.7 Å². The van der Waals surface area contributed by atoms with Crippen LogP contribution in [0.25, 0.3) is 0 Å². The molecule has 1 rings (SSSR count). The van der Waals surface area contributed by atoms with Gasteiger partial charge in [0.2, 0.25) is 0 Å². The molecule has 1 aromatic heterocycles. The molecule has 1 heterocycles. The molecule has 5 heteroatoms. The second-order valence-electron chi connectivity index (χ2n) is 1.36. The predicted molar refractivity (Wildman–Crippen MR) is 28.2 cm³/mol. The molecule has 0 amide bonds. The van der Waals surface area contributed by atoms with E-state index in [-0.39, 0.29) is 11.6 Å². The van der Waals surface area contributed by atoms with Gasteiger partial charge in [0.25, 0.3) is 0 Å². The Labute approximate surface area is 45.5 Å². The predicted octanol–water partition coefficient (Wildman–Crippen LogP) is -0.715. The summed E-state index contributed by atoms with van der Waals surface area (Å²) in [5.74, 6) is 0.220. The third kappa shape index (κ3) is 0.446. The molecule has 44 valence electrons. The Balaban J connectivity index is 3.19. The van der Waals surface area contributed by atoms with E-state index < -0.39 is 0 Å². The van der Waals surface area contributed by atoms with Gasteiger partial charge in [-0.2, -0.15) is 4.73 Å². The van der Waals surface area contributed by atoms with E-state index in [0.717, 1.165) is 6.33 Å². The zero-order valence-electron chi connectivity index (χ0n) is 4.07. The largest absolute Gasteiger partial charge is 0.425 e. The van der Waals surface area contributed by atoms with Crippen molar-refractivity contribution < 1.29 is 5.21 Å². The molecule has 5 N–H and O–H groups in total. The highest BCUT2D eigenvalue weighted by molar-refractivity contribution is 5.52. The highest BCUT2D eigenvalue weighted by atomic mass is 16.5. The minimum Gasteiger partial charge on any atom is -0.425 e. The molecule has 0 aliphatic rings. The minimum atomic E-state index is 0.0741. The van der Waals surface area contributed by atoms with Crippen LogP contribution in [-0.2, 0) is 0 Å². The number of rotatable bonds is 0. The van der Waals surface area contributed by atoms with Gasteiger partial charge in [0.05, 0.1) is 0 Å². The molecule has 0 fully saturated rings. The fourth-order valence-electron chi connectivity index (χ4n) is 0.363. The van der Waals surface area contributed by atoms with Crippen LogP contribution in [-0.4, -0.2) is 14.9 Å². The number of nitrogen functional groups attached to an aromatic ring is 2. The molecule has 0 bridgehead atoms. The van der Waals surface area contributed by atoms with Gasteiger partial charge in [-0.15, -0.1) is 0 Å². The van der Waals surface area contributed by atoms with Crippen molar-refractivity contribution in [2.45, 2.75) is 0 Å². The second-order valence-corrected chi connectivity index (χ2v) is 1.36. The molecule has 0 unspecified atom stereocenters. The molecule has 0 spiro atoms. The van der Waals surface area contributed by atoms with Crippen molar-refractivity contribution in [3.05, 3.63) is 6.33 Å². The Morgan fingerprint density at radius 2 is 2.25 bits per heavy atom. The second kappa shape index (κ2) is 1.29. The lowest BCUT2D eigenvalue weighted by molar-refractivity contribution is 0.192. The van der Waals surface area contributed by atoms with E-state index in [0.29, 0.717) is 4.73 Å². The number of anilines is 2. The van der Waals surface area contributed by atoms with Crippen LogP contribution in [0.5, 0.6) is 0 Å². The summed E-state index contributed by atoms with van der Waals surface area (Å²) in [6.45, 7) is 0. The van der Waals surface area contributed by atoms with Crippen molar-refractivity contribution in [3.8, 4) is 0 Å². The number of nitrogens with zero attached hydrogens (tertiary/aromatic N) is 2. The molecule has 0 aliphatic heterocycles. The summed E-state index contributed by atoms with van der Waals surface area (Å²) in [5, 5.41) is 8.59. The van der Waals surface area contributed by atoms with Crippen LogP contribution >= 0.6 is 0 Å². The summed E-state index contributed by atoms with van der Waals surface area (Å²) in [7, 11) is 0. The maximum atomic E-state index is 8.59. The van der Waals surface area contributed by atoms with Gasteiger partial charge in [0, 0.05) is 0 Å². The normalized spacial score (nSPS) is 9.50. The Morgan fingerprint density at radius 3 is 2.38 bits per heavy atom. The number of hydrogen-bond donors (Lipinski definition) is 3. The topological polar surface area (TPSA) is 90.1 Å². The number of nitrogens with two attached hydrogens (primary N) is 2. The van der Waals surface area contributed by atoms with Crippen LogP contribution in [0, 0.1) is 0 Å². The van der Waals surface area contributed by atoms with Crippen molar-refractivity contribution in [2.75, 3.05) is 11.5 Å². The average molecular weight is 114 g/mol. The van der Waals surface area contributed by atoms with E-state index in [1.807, 2.05) is 0 Å². The minimum absolute atomic E-state index is 0.0741. The first-order valence-electron chi connectivity index (χ1n) is 1.99. The molecule has 8 heavy (non-hydrogen) atoms. The lowest BCUT2D eigenvalue weighted by Crippen LogP contribution is -1.98. The summed E-state index contributed by atoms with van der Waals surface area (Å²) in [5.41, 5.74) is 10.3. The van der Waals surface area contributed by atoms with Crippen molar-refractivity contribution in [1.29, 1.82) is 0 Å². The fourth-order valence-corrected chi connectivity index (χ4v) is 0.363. The highest BCUT2D eigenvalue weighted by Gasteiger charge is 1.98. The summed E-state index contributed by atoms with van der Waals surface area (Å²) < 4.78 is 0.662. The number of aromatic nitrogens is 2. The van der Waals surface area contributed by atoms with Gasteiger partial charge in [0.1, 0.15) is 6.33 Å². The highest BCUT2D eigenvalue weighted by Crippen LogP contribution is 2.07. The van der Waals surface area contributed by atoms with Crippen LogP contribution in [0.2, 0.25) is 0 Å².